The Morgan fingerprint density at radius 3 is 2.94 bits per heavy atom. The number of rotatable bonds is 1. The third kappa shape index (κ3) is 1.85. The first-order valence-electron chi connectivity index (χ1n) is 6.54. The van der Waals surface area contributed by atoms with Gasteiger partial charge >= 0.3 is 0 Å². The number of hydrogen-bond acceptors (Lipinski definition) is 2. The zero-order valence-electron chi connectivity index (χ0n) is 11.0. The monoisotopic (exact) mass is 241 g/mol. The molecule has 0 saturated carbocycles. The summed E-state index contributed by atoms with van der Waals surface area (Å²) in [6, 6.07) is 8.78. The molecule has 0 radical (unpaired) electrons. The maximum absolute atomic E-state index is 6.09. The van der Waals surface area contributed by atoms with E-state index < -0.39 is 0 Å². The molecule has 0 bridgehead atoms. The van der Waals surface area contributed by atoms with Crippen molar-refractivity contribution in [3.05, 3.63) is 41.2 Å². The molecule has 0 amide bonds. The van der Waals surface area contributed by atoms with Crippen LogP contribution >= 0.6 is 0 Å². The maximum atomic E-state index is 6.09. The highest BCUT2D eigenvalue weighted by Gasteiger charge is 2.22. The van der Waals surface area contributed by atoms with Crippen molar-refractivity contribution in [1.82, 2.24) is 9.55 Å². The molecule has 3 nitrogen and oxygen atoms in total. The lowest BCUT2D eigenvalue weighted by Gasteiger charge is -2.22. The van der Waals surface area contributed by atoms with Crippen molar-refractivity contribution >= 4 is 0 Å². The van der Waals surface area contributed by atoms with Gasteiger partial charge in [-0.1, -0.05) is 23.8 Å². The molecule has 2 heterocycles. The zero-order chi connectivity index (χ0) is 12.7. The fourth-order valence-corrected chi connectivity index (χ4v) is 2.77. The van der Waals surface area contributed by atoms with E-state index in [9.17, 15) is 0 Å². The third-order valence-electron chi connectivity index (χ3n) is 3.72. The molecule has 1 aromatic heterocycles. The predicted octanol–water partition coefficient (Wildman–Crippen LogP) is 2.44. The summed E-state index contributed by atoms with van der Waals surface area (Å²) in [4.78, 5) is 4.75. The van der Waals surface area contributed by atoms with Crippen LogP contribution in [0.4, 0.5) is 0 Å². The normalized spacial score (nSPS) is 18.7. The van der Waals surface area contributed by atoms with Crippen LogP contribution in [-0.4, -0.2) is 15.6 Å². The van der Waals surface area contributed by atoms with Gasteiger partial charge in [-0.3, -0.25) is 0 Å². The van der Waals surface area contributed by atoms with Gasteiger partial charge in [-0.15, -0.1) is 0 Å². The van der Waals surface area contributed by atoms with E-state index in [1.165, 1.54) is 16.8 Å². The average molecular weight is 241 g/mol. The highest BCUT2D eigenvalue weighted by molar-refractivity contribution is 5.58. The van der Waals surface area contributed by atoms with E-state index in [1.54, 1.807) is 0 Å². The summed E-state index contributed by atoms with van der Waals surface area (Å²) in [6.45, 7) is 5.10. The Morgan fingerprint density at radius 1 is 1.33 bits per heavy atom. The van der Waals surface area contributed by atoms with E-state index in [2.05, 4.69) is 42.7 Å². The molecule has 0 aliphatic carbocycles. The smallest absolute Gasteiger partial charge is 0.140 e. The minimum absolute atomic E-state index is 0.259. The molecule has 0 spiro atoms. The number of fused-ring (bicyclic) bond motifs is 1. The largest absolute Gasteiger partial charge is 0.326 e. The van der Waals surface area contributed by atoms with Gasteiger partial charge in [0, 0.05) is 23.8 Å². The van der Waals surface area contributed by atoms with Crippen LogP contribution in [-0.2, 0) is 13.0 Å². The lowest BCUT2D eigenvalue weighted by molar-refractivity contribution is 0.462. The molecular formula is C15H19N3. The number of hydrogen-bond donors (Lipinski definition) is 1. The number of aromatic nitrogens is 2. The molecule has 1 aliphatic rings. The third-order valence-corrected chi connectivity index (χ3v) is 3.72. The van der Waals surface area contributed by atoms with Crippen molar-refractivity contribution in [2.45, 2.75) is 39.3 Å². The summed E-state index contributed by atoms with van der Waals surface area (Å²) in [5.41, 5.74) is 11.1. The van der Waals surface area contributed by atoms with Gasteiger partial charge in [-0.05, 0) is 32.8 Å². The molecule has 0 saturated heterocycles. The lowest BCUT2D eigenvalue weighted by Crippen LogP contribution is -2.32. The van der Waals surface area contributed by atoms with Crippen LogP contribution in [0.5, 0.6) is 0 Å². The first-order chi connectivity index (χ1) is 8.65. The first kappa shape index (κ1) is 11.5. The highest BCUT2D eigenvalue weighted by Crippen LogP contribution is 2.27. The maximum Gasteiger partial charge on any atom is 0.140 e. The number of nitrogens with two attached hydrogens (primary N) is 1. The van der Waals surface area contributed by atoms with Gasteiger partial charge in [0.1, 0.15) is 5.82 Å². The molecule has 1 aromatic carbocycles. The van der Waals surface area contributed by atoms with E-state index in [0.29, 0.717) is 0 Å². The average Bonchev–Trinajstić information content (AvgIpc) is 2.66. The molecule has 1 unspecified atom stereocenters. The van der Waals surface area contributed by atoms with E-state index in [4.69, 9.17) is 10.7 Å². The second-order valence-electron chi connectivity index (χ2n) is 5.25. The number of benzene rings is 1. The van der Waals surface area contributed by atoms with Crippen molar-refractivity contribution in [1.29, 1.82) is 0 Å². The lowest BCUT2D eigenvalue weighted by atomic mass is 10.0. The Kier molecular flexibility index (Phi) is 2.71. The topological polar surface area (TPSA) is 43.8 Å². The van der Waals surface area contributed by atoms with Crippen LogP contribution in [0.1, 0.15) is 23.4 Å². The fourth-order valence-electron chi connectivity index (χ4n) is 2.77. The molecule has 0 fully saturated rings. The van der Waals surface area contributed by atoms with Crippen molar-refractivity contribution in [3.63, 3.8) is 0 Å². The molecule has 94 valence electrons. The van der Waals surface area contributed by atoms with Gasteiger partial charge in [0.2, 0.25) is 0 Å². The minimum Gasteiger partial charge on any atom is -0.326 e. The zero-order valence-corrected chi connectivity index (χ0v) is 11.0. The SMILES string of the molecule is Cc1cccc(-c2nc(C)c3n2CC(N)CC3)c1. The van der Waals surface area contributed by atoms with Crippen LogP contribution in [0.25, 0.3) is 11.4 Å². The Morgan fingerprint density at radius 2 is 2.17 bits per heavy atom. The number of aryl methyl sites for hydroxylation is 2. The van der Waals surface area contributed by atoms with Crippen LogP contribution in [0, 0.1) is 13.8 Å². The van der Waals surface area contributed by atoms with Gasteiger partial charge in [-0.25, -0.2) is 4.98 Å². The van der Waals surface area contributed by atoms with Crippen molar-refractivity contribution < 1.29 is 0 Å². The Hall–Kier alpha value is -1.61. The standard InChI is InChI=1S/C15H19N3/c1-10-4-3-5-12(8-10)15-17-11(2)14-7-6-13(16)9-18(14)15/h3-5,8,13H,6-7,9,16H2,1-2H3. The highest BCUT2D eigenvalue weighted by atomic mass is 15.1. The van der Waals surface area contributed by atoms with Crippen LogP contribution in [0.15, 0.2) is 24.3 Å². The van der Waals surface area contributed by atoms with Crippen molar-refractivity contribution in [2.24, 2.45) is 5.73 Å². The summed E-state index contributed by atoms with van der Waals surface area (Å²) in [5.74, 6) is 1.07. The van der Waals surface area contributed by atoms with Crippen LogP contribution < -0.4 is 5.73 Å². The van der Waals surface area contributed by atoms with E-state index in [-0.39, 0.29) is 6.04 Å². The summed E-state index contributed by atoms with van der Waals surface area (Å²) in [5, 5.41) is 0. The van der Waals surface area contributed by atoms with E-state index >= 15 is 0 Å². The minimum atomic E-state index is 0.259. The number of imidazole rings is 1. The number of nitrogens with zero attached hydrogens (tertiary/aromatic N) is 2. The predicted molar refractivity (Wildman–Crippen MR) is 73.4 cm³/mol. The molecule has 2 aromatic rings. The Bertz CT molecular complexity index is 583. The quantitative estimate of drug-likeness (QED) is 0.833. The molecule has 1 atom stereocenters. The van der Waals surface area contributed by atoms with Crippen LogP contribution in [0.2, 0.25) is 0 Å². The first-order valence-corrected chi connectivity index (χ1v) is 6.54. The summed E-state index contributed by atoms with van der Waals surface area (Å²) in [6.07, 6.45) is 2.12. The van der Waals surface area contributed by atoms with Gasteiger partial charge in [0.25, 0.3) is 0 Å². The molecule has 18 heavy (non-hydrogen) atoms. The van der Waals surface area contributed by atoms with Crippen molar-refractivity contribution in [2.75, 3.05) is 0 Å². The molecule has 1 aliphatic heterocycles. The molecular weight excluding hydrogens is 222 g/mol. The molecule has 3 rings (SSSR count). The van der Waals surface area contributed by atoms with Gasteiger partial charge < -0.3 is 10.3 Å². The fraction of sp³-hybridized carbons (Fsp3) is 0.400. The summed E-state index contributed by atoms with van der Waals surface area (Å²) in [7, 11) is 0. The van der Waals surface area contributed by atoms with Gasteiger partial charge in [0.15, 0.2) is 0 Å². The van der Waals surface area contributed by atoms with Crippen LogP contribution in [0.3, 0.4) is 0 Å². The van der Waals surface area contributed by atoms with Gasteiger partial charge in [-0.2, -0.15) is 0 Å². The van der Waals surface area contributed by atoms with E-state index in [1.807, 2.05) is 0 Å². The summed E-state index contributed by atoms with van der Waals surface area (Å²) < 4.78 is 2.30. The Labute approximate surface area is 108 Å². The van der Waals surface area contributed by atoms with Gasteiger partial charge in [0.05, 0.1) is 5.69 Å². The Balaban J connectivity index is 2.13. The van der Waals surface area contributed by atoms with Crippen molar-refractivity contribution in [3.8, 4) is 11.4 Å². The molecule has 2 N–H and O–H groups in total. The second-order valence-corrected chi connectivity index (χ2v) is 5.25. The second kappa shape index (κ2) is 4.25. The molecule has 3 heteroatoms. The van der Waals surface area contributed by atoms with E-state index in [0.717, 1.165) is 30.9 Å². The summed E-state index contributed by atoms with van der Waals surface area (Å²) >= 11 is 0.